The molecule has 11 nitrogen and oxygen atoms in total. The average molecular weight is 886 g/mol. The zero-order valence-electron chi connectivity index (χ0n) is 39.8. The van der Waals surface area contributed by atoms with E-state index in [0.29, 0.717) is 37.1 Å². The van der Waals surface area contributed by atoms with Gasteiger partial charge in [-0.1, -0.05) is 194 Å². The molecule has 0 aromatic rings. The van der Waals surface area contributed by atoms with Crippen LogP contribution in [0.5, 0.6) is 0 Å². The molecule has 0 spiro atoms. The molecular weight excluding hydrogens is 792 g/mol. The van der Waals surface area contributed by atoms with Crippen LogP contribution in [0, 0.1) is 11.3 Å². The van der Waals surface area contributed by atoms with Gasteiger partial charge in [-0.25, -0.2) is 4.57 Å². The molecular formula is C49H94N2O9P+. The number of carbonyl (C=O) groups excluding carboxylic acids is 2. The molecule has 0 N–H and O–H groups in total. The monoisotopic (exact) mass is 886 g/mol. The number of nitriles is 1. The number of esters is 2. The van der Waals surface area contributed by atoms with E-state index in [4.69, 9.17) is 33.0 Å². The Kier molecular flexibility index (Phi) is 38.8. The Balaban J connectivity index is 2.48. The first kappa shape index (κ1) is 57.5. The molecule has 0 aromatic carbocycles. The van der Waals surface area contributed by atoms with Gasteiger partial charge in [-0.2, -0.15) is 5.26 Å². The zero-order valence-corrected chi connectivity index (χ0v) is 40.7. The summed E-state index contributed by atoms with van der Waals surface area (Å²) in [5.41, 5.74) is 0. The maximum Gasteiger partial charge on any atom is 0.475 e. The second-order valence-corrected chi connectivity index (χ2v) is 19.6. The molecule has 0 bridgehead atoms. The van der Waals surface area contributed by atoms with E-state index < -0.39 is 19.9 Å². The van der Waals surface area contributed by atoms with Gasteiger partial charge >= 0.3 is 19.8 Å². The van der Waals surface area contributed by atoms with Crippen LogP contribution in [0.3, 0.4) is 0 Å². The first-order chi connectivity index (χ1) is 29.8. The lowest BCUT2D eigenvalue weighted by molar-refractivity contribution is -0.916. The fourth-order valence-electron chi connectivity index (χ4n) is 7.77. The number of phosphoric acid groups is 1. The number of carbonyl (C=O) groups is 2. The topological polar surface area (TPSA) is 130 Å². The molecule has 1 rings (SSSR count). The largest absolute Gasteiger partial charge is 0.475 e. The summed E-state index contributed by atoms with van der Waals surface area (Å²) in [5, 5.41) is 9.05. The van der Waals surface area contributed by atoms with Gasteiger partial charge in [0.15, 0.2) is 6.10 Å². The smallest absolute Gasteiger partial charge is 0.462 e. The van der Waals surface area contributed by atoms with E-state index in [1.807, 2.05) is 6.07 Å². The van der Waals surface area contributed by atoms with E-state index in [-0.39, 0.29) is 45.2 Å². The molecule has 0 saturated carbocycles. The van der Waals surface area contributed by atoms with Crippen LogP contribution >= 0.6 is 7.82 Å². The molecule has 2 atom stereocenters. The summed E-state index contributed by atoms with van der Waals surface area (Å²) in [6, 6.07) is 1.98. The van der Waals surface area contributed by atoms with E-state index in [1.54, 1.807) is 0 Å². The zero-order chi connectivity index (χ0) is 44.4. The van der Waals surface area contributed by atoms with Crippen LogP contribution in [-0.2, 0) is 41.9 Å². The lowest BCUT2D eigenvalue weighted by Gasteiger charge is -2.37. The Hall–Kier alpha value is -1.54. The van der Waals surface area contributed by atoms with E-state index in [9.17, 15) is 14.2 Å². The SMILES string of the molecule is CCCCCCCCCCCCCCCCCC(=O)OCC(COP(=O)(OCCC#N)OCC[N+]1(C)CCOCC1)OC(=O)CCCCCCCCCCCCCCCCC. The van der Waals surface area contributed by atoms with Crippen molar-refractivity contribution in [1.29, 1.82) is 5.26 Å². The Morgan fingerprint density at radius 3 is 1.39 bits per heavy atom. The van der Waals surface area contributed by atoms with Crippen molar-refractivity contribution in [2.45, 2.75) is 232 Å². The lowest BCUT2D eigenvalue weighted by atomic mass is 10.0. The maximum absolute atomic E-state index is 13.7. The van der Waals surface area contributed by atoms with Crippen LogP contribution < -0.4 is 0 Å². The number of hydrogen-bond acceptors (Lipinski definition) is 10. The van der Waals surface area contributed by atoms with Gasteiger partial charge in [0.1, 0.15) is 32.8 Å². The van der Waals surface area contributed by atoms with Gasteiger partial charge < -0.3 is 18.7 Å². The Bertz CT molecular complexity index is 1110. The minimum atomic E-state index is -4.12. The van der Waals surface area contributed by atoms with Crippen molar-refractivity contribution >= 4 is 19.8 Å². The summed E-state index contributed by atoms with van der Waals surface area (Å²) in [4.78, 5) is 25.7. The molecule has 0 amide bonds. The quantitative estimate of drug-likeness (QED) is 0.0252. The van der Waals surface area contributed by atoms with Gasteiger partial charge in [-0.15, -0.1) is 0 Å². The van der Waals surface area contributed by atoms with Crippen molar-refractivity contribution in [2.24, 2.45) is 0 Å². The van der Waals surface area contributed by atoms with Gasteiger partial charge in [0, 0.05) is 12.8 Å². The molecule has 1 aliphatic rings. The molecule has 0 aromatic heterocycles. The number of likely N-dealkylation sites (N-methyl/N-ethyl adjacent to an activating group) is 1. The van der Waals surface area contributed by atoms with Crippen LogP contribution in [0.2, 0.25) is 0 Å². The standard InChI is InChI=1S/C49H94N2O9P/c1-4-6-8-10-12-14-16-18-20-22-24-26-28-30-32-35-48(52)56-45-47(46-59-61(54,57-41-34-37-50)58-44-40-51(3)38-42-55-43-39-51)60-49(53)36-33-31-29-27-25-23-21-19-17-15-13-11-9-7-5-2/h47H,4-36,38-46H2,1-3H3/q+1. The fourth-order valence-corrected chi connectivity index (χ4v) is 8.96. The number of unbranched alkanes of at least 4 members (excludes halogenated alkanes) is 28. The summed E-state index contributed by atoms with van der Waals surface area (Å²) in [6.07, 6.45) is 36.9. The van der Waals surface area contributed by atoms with Crippen molar-refractivity contribution in [1.82, 2.24) is 0 Å². The Morgan fingerprint density at radius 1 is 0.574 bits per heavy atom. The molecule has 1 aliphatic heterocycles. The van der Waals surface area contributed by atoms with Crippen LogP contribution in [0.15, 0.2) is 0 Å². The van der Waals surface area contributed by atoms with Crippen molar-refractivity contribution in [3.05, 3.63) is 0 Å². The fraction of sp³-hybridized carbons (Fsp3) is 0.939. The maximum atomic E-state index is 13.7. The number of morpholine rings is 1. The second kappa shape index (κ2) is 41.2. The van der Waals surface area contributed by atoms with Crippen LogP contribution in [0.1, 0.15) is 226 Å². The summed E-state index contributed by atoms with van der Waals surface area (Å²) < 4.78 is 48.1. The van der Waals surface area contributed by atoms with Crippen LogP contribution in [0.4, 0.5) is 0 Å². The van der Waals surface area contributed by atoms with E-state index in [1.165, 1.54) is 154 Å². The predicted octanol–water partition coefficient (Wildman–Crippen LogP) is 13.5. The van der Waals surface area contributed by atoms with Crippen LogP contribution in [0.25, 0.3) is 0 Å². The highest BCUT2D eigenvalue weighted by atomic mass is 31.2. The van der Waals surface area contributed by atoms with Crippen molar-refractivity contribution in [3.8, 4) is 6.07 Å². The summed E-state index contributed by atoms with van der Waals surface area (Å²) in [6.45, 7) is 7.45. The number of hydrogen-bond donors (Lipinski definition) is 0. The van der Waals surface area contributed by atoms with Crippen molar-refractivity contribution < 1.29 is 46.4 Å². The number of rotatable bonds is 45. The summed E-state index contributed by atoms with van der Waals surface area (Å²) in [7, 11) is -2.02. The van der Waals surface area contributed by atoms with Crippen molar-refractivity contribution in [2.75, 3.05) is 66.3 Å². The predicted molar refractivity (Wildman–Crippen MR) is 247 cm³/mol. The molecule has 61 heavy (non-hydrogen) atoms. The first-order valence-electron chi connectivity index (χ1n) is 25.4. The minimum absolute atomic E-state index is 0.0103. The molecule has 0 aliphatic carbocycles. The number of phosphoric ester groups is 1. The highest BCUT2D eigenvalue weighted by Crippen LogP contribution is 2.49. The average Bonchev–Trinajstić information content (AvgIpc) is 3.25. The summed E-state index contributed by atoms with van der Waals surface area (Å²) in [5.74, 6) is -0.766. The molecule has 1 saturated heterocycles. The third kappa shape index (κ3) is 36.5. The molecule has 358 valence electrons. The van der Waals surface area contributed by atoms with Crippen LogP contribution in [-0.4, -0.2) is 88.8 Å². The highest BCUT2D eigenvalue weighted by molar-refractivity contribution is 7.48. The lowest BCUT2D eigenvalue weighted by Crippen LogP contribution is -2.53. The number of ether oxygens (including phenoxy) is 3. The molecule has 0 radical (unpaired) electrons. The summed E-state index contributed by atoms with van der Waals surface area (Å²) >= 11 is 0. The molecule has 12 heteroatoms. The normalized spacial score (nSPS) is 15.2. The Morgan fingerprint density at radius 2 is 0.967 bits per heavy atom. The molecule has 2 unspecified atom stereocenters. The highest BCUT2D eigenvalue weighted by Gasteiger charge is 2.32. The number of nitrogens with zero attached hydrogens (tertiary/aromatic N) is 2. The van der Waals surface area contributed by atoms with Gasteiger partial charge in [0.2, 0.25) is 0 Å². The van der Waals surface area contributed by atoms with Gasteiger partial charge in [-0.3, -0.25) is 23.2 Å². The van der Waals surface area contributed by atoms with E-state index >= 15 is 0 Å². The third-order valence-corrected chi connectivity index (χ3v) is 13.5. The van der Waals surface area contributed by atoms with E-state index in [0.717, 1.165) is 45.2 Å². The van der Waals surface area contributed by atoms with Crippen molar-refractivity contribution in [3.63, 3.8) is 0 Å². The second-order valence-electron chi connectivity index (χ2n) is 17.9. The van der Waals surface area contributed by atoms with Gasteiger partial charge in [0.25, 0.3) is 0 Å². The third-order valence-electron chi connectivity index (χ3n) is 12.0. The minimum Gasteiger partial charge on any atom is -0.462 e. The molecule has 1 fully saturated rings. The van der Waals surface area contributed by atoms with E-state index in [2.05, 4.69) is 20.9 Å². The van der Waals surface area contributed by atoms with Gasteiger partial charge in [-0.05, 0) is 12.8 Å². The molecule has 1 heterocycles. The van der Waals surface area contributed by atoms with Gasteiger partial charge in [0.05, 0.1) is 46.0 Å². The number of quaternary nitrogens is 1. The first-order valence-corrected chi connectivity index (χ1v) is 26.9. The Labute approximate surface area is 374 Å².